The Morgan fingerprint density at radius 1 is 1.32 bits per heavy atom. The number of ether oxygens (including phenoxy) is 1. The zero-order valence-electron chi connectivity index (χ0n) is 16.3. The van der Waals surface area contributed by atoms with Gasteiger partial charge in [0.05, 0.1) is 19.3 Å². The number of aliphatic carboxylic acids is 1. The summed E-state index contributed by atoms with van der Waals surface area (Å²) in [6, 6.07) is 10.7. The van der Waals surface area contributed by atoms with Gasteiger partial charge in [-0.2, -0.15) is 5.10 Å². The second kappa shape index (κ2) is 8.32. The molecule has 0 aliphatic heterocycles. The molecule has 0 spiro atoms. The van der Waals surface area contributed by atoms with E-state index in [4.69, 9.17) is 4.74 Å². The van der Waals surface area contributed by atoms with E-state index in [1.165, 1.54) is 12.8 Å². The van der Waals surface area contributed by atoms with E-state index in [0.29, 0.717) is 18.0 Å². The van der Waals surface area contributed by atoms with Gasteiger partial charge in [-0.25, -0.2) is 4.68 Å². The van der Waals surface area contributed by atoms with Gasteiger partial charge in [-0.15, -0.1) is 0 Å². The molecule has 0 atom stereocenters. The summed E-state index contributed by atoms with van der Waals surface area (Å²) in [6.07, 6.45) is 6.30. The largest absolute Gasteiger partial charge is 0.494 e. The Kier molecular flexibility index (Phi) is 5.64. The molecule has 2 aliphatic carbocycles. The number of rotatable bonds is 10. The molecule has 0 saturated heterocycles. The molecule has 0 unspecified atom stereocenters. The molecule has 1 heterocycles. The van der Waals surface area contributed by atoms with E-state index in [0.717, 1.165) is 43.1 Å². The van der Waals surface area contributed by atoms with E-state index in [-0.39, 0.29) is 6.54 Å². The maximum Gasteiger partial charge on any atom is 0.317 e. The lowest BCUT2D eigenvalue weighted by Gasteiger charge is -2.43. The Hall–Kier alpha value is -2.38. The second-order valence-electron chi connectivity index (χ2n) is 7.88. The molecule has 2 fully saturated rings. The average molecular weight is 384 g/mol. The summed E-state index contributed by atoms with van der Waals surface area (Å²) in [5.74, 6) is 0.778. The third kappa shape index (κ3) is 4.36. The smallest absolute Gasteiger partial charge is 0.317 e. The Balaban J connectivity index is 1.32. The van der Waals surface area contributed by atoms with Gasteiger partial charge in [0.1, 0.15) is 11.4 Å². The molecule has 1 aromatic carbocycles. The normalized spacial score (nSPS) is 21.5. The van der Waals surface area contributed by atoms with Crippen LogP contribution in [-0.4, -0.2) is 58.0 Å². The topological polar surface area (TPSA) is 79.6 Å². The Morgan fingerprint density at radius 2 is 2.11 bits per heavy atom. The zero-order chi connectivity index (χ0) is 19.5. The van der Waals surface area contributed by atoms with Crippen molar-refractivity contribution in [3.05, 3.63) is 42.2 Å². The molecule has 0 radical (unpaired) electrons. The van der Waals surface area contributed by atoms with Crippen LogP contribution < -0.4 is 10.1 Å². The van der Waals surface area contributed by atoms with Crippen molar-refractivity contribution in [3.63, 3.8) is 0 Å². The number of nitrogens with zero attached hydrogens (tertiary/aromatic N) is 3. The molecule has 150 valence electrons. The van der Waals surface area contributed by atoms with Gasteiger partial charge in [0.25, 0.3) is 0 Å². The van der Waals surface area contributed by atoms with Gasteiger partial charge in [0.2, 0.25) is 0 Å². The molecular formula is C21H28N4O3. The zero-order valence-corrected chi connectivity index (χ0v) is 16.3. The van der Waals surface area contributed by atoms with Crippen molar-refractivity contribution in [1.82, 2.24) is 20.0 Å². The first kappa shape index (κ1) is 19.0. The number of carboxylic acids is 1. The van der Waals surface area contributed by atoms with Crippen LogP contribution in [0.25, 0.3) is 5.69 Å². The molecular weight excluding hydrogens is 356 g/mol. The molecule has 2 aliphatic rings. The van der Waals surface area contributed by atoms with Crippen LogP contribution in [0.5, 0.6) is 5.75 Å². The van der Waals surface area contributed by atoms with Crippen LogP contribution in [0.4, 0.5) is 0 Å². The number of hydrogen-bond acceptors (Lipinski definition) is 5. The number of benzene rings is 1. The summed E-state index contributed by atoms with van der Waals surface area (Å²) in [5, 5.41) is 17.2. The molecule has 2 saturated carbocycles. The highest BCUT2D eigenvalue weighted by Gasteiger charge is 2.36. The quantitative estimate of drug-likeness (QED) is 0.654. The van der Waals surface area contributed by atoms with Crippen LogP contribution in [0.1, 0.15) is 31.4 Å². The predicted molar refractivity (Wildman–Crippen MR) is 106 cm³/mol. The number of para-hydroxylation sites is 2. The standard InChI is InChI=1S/C21H28N4O3/c1-28-20-5-3-2-4-19(20)25-17(8-9-23-25)12-22-16-10-18(11-16)24(14-21(26)27)13-15-6-7-15/h2-5,8-9,15-16,18,22H,6-7,10-14H2,1H3,(H,26,27). The van der Waals surface area contributed by atoms with Crippen molar-refractivity contribution < 1.29 is 14.6 Å². The first-order valence-electron chi connectivity index (χ1n) is 9.99. The molecule has 0 bridgehead atoms. The summed E-state index contributed by atoms with van der Waals surface area (Å²) in [6.45, 7) is 1.82. The Labute approximate surface area is 165 Å². The summed E-state index contributed by atoms with van der Waals surface area (Å²) >= 11 is 0. The number of carbonyl (C=O) groups is 1. The fourth-order valence-electron chi connectivity index (χ4n) is 3.94. The number of methoxy groups -OCH3 is 1. The number of hydrogen-bond donors (Lipinski definition) is 2. The van der Waals surface area contributed by atoms with Gasteiger partial charge in [-0.05, 0) is 49.8 Å². The Morgan fingerprint density at radius 3 is 2.82 bits per heavy atom. The lowest BCUT2D eigenvalue weighted by atomic mass is 9.85. The second-order valence-corrected chi connectivity index (χ2v) is 7.88. The van der Waals surface area contributed by atoms with E-state index in [2.05, 4.69) is 15.3 Å². The molecule has 7 heteroatoms. The van der Waals surface area contributed by atoms with Crippen LogP contribution in [0.2, 0.25) is 0 Å². The molecule has 0 amide bonds. The number of carboxylic acid groups (broad SMARTS) is 1. The van der Waals surface area contributed by atoms with Crippen LogP contribution in [-0.2, 0) is 11.3 Å². The lowest BCUT2D eigenvalue weighted by Crippen LogP contribution is -2.54. The van der Waals surface area contributed by atoms with Crippen molar-refractivity contribution in [2.45, 2.75) is 44.3 Å². The summed E-state index contributed by atoms with van der Waals surface area (Å²) in [4.78, 5) is 13.3. The highest BCUT2D eigenvalue weighted by atomic mass is 16.5. The fraction of sp³-hybridized carbons (Fsp3) is 0.524. The lowest BCUT2D eigenvalue weighted by molar-refractivity contribution is -0.139. The van der Waals surface area contributed by atoms with Crippen LogP contribution >= 0.6 is 0 Å². The Bertz CT molecular complexity index is 811. The van der Waals surface area contributed by atoms with E-state index in [1.807, 2.05) is 35.0 Å². The van der Waals surface area contributed by atoms with E-state index >= 15 is 0 Å². The number of aromatic nitrogens is 2. The van der Waals surface area contributed by atoms with E-state index in [1.54, 1.807) is 13.3 Å². The monoisotopic (exact) mass is 384 g/mol. The fourth-order valence-corrected chi connectivity index (χ4v) is 3.94. The molecule has 2 aromatic rings. The number of nitrogens with one attached hydrogen (secondary N) is 1. The van der Waals surface area contributed by atoms with E-state index in [9.17, 15) is 9.90 Å². The van der Waals surface area contributed by atoms with Gasteiger partial charge in [0.15, 0.2) is 0 Å². The van der Waals surface area contributed by atoms with Crippen LogP contribution in [0.3, 0.4) is 0 Å². The van der Waals surface area contributed by atoms with Crippen LogP contribution in [0.15, 0.2) is 36.5 Å². The minimum atomic E-state index is -0.724. The third-order valence-electron chi connectivity index (χ3n) is 5.76. The summed E-state index contributed by atoms with van der Waals surface area (Å²) in [7, 11) is 1.67. The molecule has 4 rings (SSSR count). The molecule has 2 N–H and O–H groups in total. The van der Waals surface area contributed by atoms with Gasteiger partial charge >= 0.3 is 5.97 Å². The molecule has 7 nitrogen and oxygen atoms in total. The van der Waals surface area contributed by atoms with Gasteiger partial charge in [-0.1, -0.05) is 12.1 Å². The highest BCUT2D eigenvalue weighted by molar-refractivity contribution is 5.69. The summed E-state index contributed by atoms with van der Waals surface area (Å²) in [5.41, 5.74) is 2.00. The van der Waals surface area contributed by atoms with Crippen molar-refractivity contribution in [1.29, 1.82) is 0 Å². The predicted octanol–water partition coefficient (Wildman–Crippen LogP) is 2.30. The van der Waals surface area contributed by atoms with Gasteiger partial charge < -0.3 is 15.2 Å². The van der Waals surface area contributed by atoms with Gasteiger partial charge in [0, 0.05) is 31.4 Å². The van der Waals surface area contributed by atoms with Crippen molar-refractivity contribution in [3.8, 4) is 11.4 Å². The summed E-state index contributed by atoms with van der Waals surface area (Å²) < 4.78 is 7.36. The van der Waals surface area contributed by atoms with Gasteiger partial charge in [-0.3, -0.25) is 9.69 Å². The maximum absolute atomic E-state index is 11.2. The average Bonchev–Trinajstić information content (AvgIpc) is 3.34. The first-order chi connectivity index (χ1) is 13.6. The maximum atomic E-state index is 11.2. The van der Waals surface area contributed by atoms with Crippen molar-refractivity contribution in [2.75, 3.05) is 20.2 Å². The van der Waals surface area contributed by atoms with Crippen molar-refractivity contribution >= 4 is 5.97 Å². The van der Waals surface area contributed by atoms with Crippen molar-refractivity contribution in [2.24, 2.45) is 5.92 Å². The highest BCUT2D eigenvalue weighted by Crippen LogP contribution is 2.34. The third-order valence-corrected chi connectivity index (χ3v) is 5.76. The SMILES string of the molecule is COc1ccccc1-n1nccc1CNC1CC(N(CC(=O)O)CC2CC2)C1. The first-order valence-corrected chi connectivity index (χ1v) is 9.99. The molecule has 1 aromatic heterocycles. The molecule has 28 heavy (non-hydrogen) atoms. The van der Waals surface area contributed by atoms with E-state index < -0.39 is 5.97 Å². The minimum Gasteiger partial charge on any atom is -0.494 e. The minimum absolute atomic E-state index is 0.161. The van der Waals surface area contributed by atoms with Crippen LogP contribution in [0, 0.1) is 5.92 Å².